The van der Waals surface area contributed by atoms with Crippen molar-refractivity contribution in [3.63, 3.8) is 0 Å². The fraction of sp³-hybridized carbons (Fsp3) is 0.467. The molecule has 5 nitrogen and oxygen atoms in total. The van der Waals surface area contributed by atoms with Gasteiger partial charge in [-0.25, -0.2) is 8.78 Å². The van der Waals surface area contributed by atoms with Crippen molar-refractivity contribution in [2.45, 2.75) is 20.3 Å². The maximum atomic E-state index is 13.0. The van der Waals surface area contributed by atoms with Gasteiger partial charge in [-0.05, 0) is 24.0 Å². The molecule has 0 saturated heterocycles. The van der Waals surface area contributed by atoms with E-state index in [1.807, 2.05) is 13.8 Å². The lowest BCUT2D eigenvalue weighted by Gasteiger charge is -2.23. The topological polar surface area (TPSA) is 78.4 Å². The van der Waals surface area contributed by atoms with E-state index in [1.165, 1.54) is 0 Å². The number of nitrogens with one attached hydrogen (secondary N) is 2. The van der Waals surface area contributed by atoms with E-state index in [-0.39, 0.29) is 24.1 Å². The molecule has 0 aliphatic carbocycles. The second kappa shape index (κ2) is 7.84. The highest BCUT2D eigenvalue weighted by molar-refractivity contribution is 5.96. The molecular weight excluding hydrogens is 294 g/mol. The van der Waals surface area contributed by atoms with E-state index in [1.54, 1.807) is 0 Å². The lowest BCUT2D eigenvalue weighted by atomic mass is 9.90. The highest BCUT2D eigenvalue weighted by Gasteiger charge is 2.18. The molecule has 1 aromatic rings. The maximum Gasteiger partial charge on any atom is 0.251 e. The summed E-state index contributed by atoms with van der Waals surface area (Å²) >= 11 is 0. The Morgan fingerprint density at radius 1 is 1.14 bits per heavy atom. The van der Waals surface area contributed by atoms with Crippen molar-refractivity contribution in [1.82, 2.24) is 10.6 Å². The van der Waals surface area contributed by atoms with Gasteiger partial charge in [-0.1, -0.05) is 13.8 Å². The van der Waals surface area contributed by atoms with Crippen molar-refractivity contribution in [2.24, 2.45) is 5.41 Å². The van der Waals surface area contributed by atoms with Crippen LogP contribution in [0.2, 0.25) is 0 Å². The van der Waals surface area contributed by atoms with Crippen molar-refractivity contribution in [3.05, 3.63) is 35.4 Å². The summed E-state index contributed by atoms with van der Waals surface area (Å²) in [6.45, 7) is 3.84. The van der Waals surface area contributed by atoms with E-state index >= 15 is 0 Å². The van der Waals surface area contributed by atoms with Crippen LogP contribution in [0.5, 0.6) is 0 Å². The van der Waals surface area contributed by atoms with Crippen LogP contribution in [0.15, 0.2) is 18.2 Å². The van der Waals surface area contributed by atoms with Gasteiger partial charge in [0.2, 0.25) is 5.91 Å². The van der Waals surface area contributed by atoms with Gasteiger partial charge in [0, 0.05) is 24.8 Å². The third-order valence-corrected chi connectivity index (χ3v) is 3.09. The lowest BCUT2D eigenvalue weighted by Crippen LogP contribution is -2.41. The van der Waals surface area contributed by atoms with E-state index in [0.717, 1.165) is 12.1 Å². The summed E-state index contributed by atoms with van der Waals surface area (Å²) in [5.41, 5.74) is -0.453. The van der Waals surface area contributed by atoms with Crippen molar-refractivity contribution < 1.29 is 23.5 Å². The normalized spacial score (nSPS) is 11.1. The second-order valence-corrected chi connectivity index (χ2v) is 5.76. The number of halogens is 2. The molecule has 0 saturated carbocycles. The number of carbonyl (C=O) groups is 2. The standard InChI is InChI=1S/C15H20F2N2O3/c1-15(2,3-4-20)9-19-13(21)8-18-14(22)10-5-11(16)7-12(17)6-10/h5-7,20H,3-4,8-9H2,1-2H3,(H,18,22)(H,19,21). The fourth-order valence-corrected chi connectivity index (χ4v) is 1.74. The van der Waals surface area contributed by atoms with Gasteiger partial charge in [0.05, 0.1) is 6.54 Å². The zero-order chi connectivity index (χ0) is 16.8. The molecule has 22 heavy (non-hydrogen) atoms. The highest BCUT2D eigenvalue weighted by Crippen LogP contribution is 2.17. The molecule has 0 heterocycles. The molecule has 0 atom stereocenters. The molecule has 0 radical (unpaired) electrons. The van der Waals surface area contributed by atoms with Gasteiger partial charge < -0.3 is 15.7 Å². The van der Waals surface area contributed by atoms with Gasteiger partial charge in [-0.2, -0.15) is 0 Å². The van der Waals surface area contributed by atoms with Crippen LogP contribution in [0.4, 0.5) is 8.78 Å². The lowest BCUT2D eigenvalue weighted by molar-refractivity contribution is -0.120. The molecule has 0 aliphatic heterocycles. The molecule has 3 N–H and O–H groups in total. The van der Waals surface area contributed by atoms with Gasteiger partial charge in [-0.3, -0.25) is 9.59 Å². The van der Waals surface area contributed by atoms with Crippen LogP contribution in [-0.4, -0.2) is 36.6 Å². The zero-order valence-corrected chi connectivity index (χ0v) is 12.6. The van der Waals surface area contributed by atoms with E-state index in [2.05, 4.69) is 10.6 Å². The van der Waals surface area contributed by atoms with Crippen molar-refractivity contribution in [2.75, 3.05) is 19.7 Å². The molecule has 0 aliphatic rings. The van der Waals surface area contributed by atoms with Gasteiger partial charge in [0.15, 0.2) is 0 Å². The largest absolute Gasteiger partial charge is 0.396 e. The van der Waals surface area contributed by atoms with E-state index in [9.17, 15) is 18.4 Å². The summed E-state index contributed by atoms with van der Waals surface area (Å²) in [6.07, 6.45) is 0.530. The number of benzene rings is 1. The maximum absolute atomic E-state index is 13.0. The molecule has 0 aromatic heterocycles. The van der Waals surface area contributed by atoms with Gasteiger partial charge in [0.1, 0.15) is 11.6 Å². The Labute approximate surface area is 127 Å². The van der Waals surface area contributed by atoms with E-state index in [4.69, 9.17) is 5.11 Å². The molecule has 0 bridgehead atoms. The number of hydrogen-bond acceptors (Lipinski definition) is 3. The van der Waals surface area contributed by atoms with Crippen LogP contribution in [0.1, 0.15) is 30.6 Å². The fourth-order valence-electron chi connectivity index (χ4n) is 1.74. The van der Waals surface area contributed by atoms with Crippen LogP contribution in [-0.2, 0) is 4.79 Å². The predicted molar refractivity (Wildman–Crippen MR) is 77.2 cm³/mol. The molecule has 1 aromatic carbocycles. The zero-order valence-electron chi connectivity index (χ0n) is 12.6. The Balaban J connectivity index is 2.45. The average molecular weight is 314 g/mol. The Bertz CT molecular complexity index is 527. The first-order valence-electron chi connectivity index (χ1n) is 6.85. The summed E-state index contributed by atoms with van der Waals surface area (Å²) < 4.78 is 26.0. The minimum Gasteiger partial charge on any atom is -0.396 e. The van der Waals surface area contributed by atoms with Gasteiger partial charge in [-0.15, -0.1) is 0 Å². The van der Waals surface area contributed by atoms with E-state index < -0.39 is 23.4 Å². The molecule has 0 unspecified atom stereocenters. The molecule has 122 valence electrons. The third kappa shape index (κ3) is 6.17. The van der Waals surface area contributed by atoms with Crippen molar-refractivity contribution in [1.29, 1.82) is 0 Å². The number of amides is 2. The first-order valence-corrected chi connectivity index (χ1v) is 6.85. The second-order valence-electron chi connectivity index (χ2n) is 5.76. The van der Waals surface area contributed by atoms with Crippen LogP contribution in [0.3, 0.4) is 0 Å². The molecule has 7 heteroatoms. The highest BCUT2D eigenvalue weighted by atomic mass is 19.1. The summed E-state index contributed by atoms with van der Waals surface area (Å²) in [6, 6.07) is 2.44. The predicted octanol–water partition coefficient (Wildman–Crippen LogP) is 1.22. The number of carbonyl (C=O) groups excluding carboxylic acids is 2. The smallest absolute Gasteiger partial charge is 0.251 e. The van der Waals surface area contributed by atoms with E-state index in [0.29, 0.717) is 19.0 Å². The van der Waals surface area contributed by atoms with Crippen LogP contribution >= 0.6 is 0 Å². The summed E-state index contributed by atoms with van der Waals surface area (Å²) in [5, 5.41) is 13.8. The molecule has 2 amide bonds. The number of aliphatic hydroxyl groups excluding tert-OH is 1. The monoisotopic (exact) mass is 314 g/mol. The Hall–Kier alpha value is -2.02. The first-order chi connectivity index (χ1) is 10.2. The van der Waals surface area contributed by atoms with Crippen LogP contribution < -0.4 is 10.6 Å². The van der Waals surface area contributed by atoms with Crippen LogP contribution in [0.25, 0.3) is 0 Å². The Morgan fingerprint density at radius 3 is 2.27 bits per heavy atom. The van der Waals surface area contributed by atoms with Gasteiger partial charge in [0.25, 0.3) is 5.91 Å². The number of hydrogen-bond donors (Lipinski definition) is 3. The Morgan fingerprint density at radius 2 is 1.73 bits per heavy atom. The quantitative estimate of drug-likeness (QED) is 0.708. The molecule has 0 fully saturated rings. The minimum absolute atomic E-state index is 0.0186. The number of rotatable bonds is 7. The third-order valence-electron chi connectivity index (χ3n) is 3.09. The molecule has 1 rings (SSSR count). The van der Waals surface area contributed by atoms with Crippen LogP contribution in [0, 0.1) is 17.0 Å². The molecule has 0 spiro atoms. The Kier molecular flexibility index (Phi) is 6.42. The summed E-state index contributed by atoms with van der Waals surface area (Å²) in [5.74, 6) is -2.87. The van der Waals surface area contributed by atoms with Gasteiger partial charge >= 0.3 is 0 Å². The summed E-state index contributed by atoms with van der Waals surface area (Å²) in [7, 11) is 0. The van der Waals surface area contributed by atoms with Crippen molar-refractivity contribution in [3.8, 4) is 0 Å². The number of aliphatic hydroxyl groups is 1. The first kappa shape index (κ1) is 18.0. The SMILES string of the molecule is CC(C)(CCO)CNC(=O)CNC(=O)c1cc(F)cc(F)c1. The summed E-state index contributed by atoms with van der Waals surface area (Å²) in [4.78, 5) is 23.3. The average Bonchev–Trinajstić information content (AvgIpc) is 2.41. The minimum atomic E-state index is -0.861. The van der Waals surface area contributed by atoms with Crippen molar-refractivity contribution >= 4 is 11.8 Å². The molecular formula is C15H20F2N2O3.